The molecular weight excluding hydrogens is 1170 g/mol. The zero-order valence-corrected chi connectivity index (χ0v) is 71.1. The van der Waals surface area contributed by atoms with Gasteiger partial charge in [-0.05, 0) is 244 Å². The third-order valence-corrected chi connectivity index (χ3v) is 21.3. The van der Waals surface area contributed by atoms with E-state index in [9.17, 15) is 0 Å². The molecular formula is C93H142N2Si. The molecule has 0 amide bonds. The second-order valence-corrected chi connectivity index (χ2v) is 44.0. The maximum absolute atomic E-state index is 4.83. The van der Waals surface area contributed by atoms with Gasteiger partial charge in [-0.2, -0.15) is 0 Å². The minimum atomic E-state index is -1.20. The third kappa shape index (κ3) is 23.0. The lowest BCUT2D eigenvalue weighted by atomic mass is 9.77. The van der Waals surface area contributed by atoms with Gasteiger partial charge in [-0.1, -0.05) is 302 Å². The smallest absolute Gasteiger partial charge is 0.0776 e. The van der Waals surface area contributed by atoms with Gasteiger partial charge < -0.3 is 0 Å². The van der Waals surface area contributed by atoms with E-state index in [0.717, 1.165) is 11.4 Å². The molecule has 0 N–H and O–H groups in total. The van der Waals surface area contributed by atoms with Crippen molar-refractivity contribution in [2.75, 3.05) is 0 Å². The van der Waals surface area contributed by atoms with Crippen LogP contribution >= 0.6 is 0 Å². The minimum Gasteiger partial charge on any atom is -0.253 e. The highest BCUT2D eigenvalue weighted by atomic mass is 28.3. The first-order valence-corrected chi connectivity index (χ1v) is 39.7. The third-order valence-electron chi connectivity index (χ3n) is 19.3. The summed E-state index contributed by atoms with van der Waals surface area (Å²) in [5.74, 6) is 0. The Morgan fingerprint density at radius 3 is 0.865 bits per heavy atom. The van der Waals surface area contributed by atoms with Crippen molar-refractivity contribution in [1.82, 2.24) is 9.97 Å². The van der Waals surface area contributed by atoms with Gasteiger partial charge in [0.25, 0.3) is 0 Å². The summed E-state index contributed by atoms with van der Waals surface area (Å²) < 4.78 is 0. The standard InChI is InChI=1S/2C19H27N.C16H26.C15H26Si.C13H20.C11H16/c2*1-12-9-10-14-13(2)15(18(3,4)5)11-16(17(14)20-12)19(6,7)8;1-11-9-13(15(3,4)5)10-14(12(11)2)16(6,7)8;1-11-9-13(16(6,7)8)10-14(12(11)2)15(3,4)5;1-9-7-10(2)11(3)12(8-9)13(4,5)6;1-9-7-5-6-8-10(9)11(2,3)4/h2*9-11H,1-8H3;2*9-10H,1-8H3;7-8H,1-6H3;5-8H,1-4H3. The van der Waals surface area contributed by atoms with E-state index in [1.807, 2.05) is 0 Å². The van der Waals surface area contributed by atoms with Crippen LogP contribution in [0.3, 0.4) is 0 Å². The molecule has 0 fully saturated rings. The maximum atomic E-state index is 4.83. The molecule has 0 aliphatic carbocycles. The van der Waals surface area contributed by atoms with E-state index in [2.05, 4.69) is 387 Å². The van der Waals surface area contributed by atoms with E-state index in [1.54, 1.807) is 5.19 Å². The van der Waals surface area contributed by atoms with Gasteiger partial charge in [0.2, 0.25) is 0 Å². The summed E-state index contributed by atoms with van der Waals surface area (Å²) in [5, 5.41) is 4.18. The predicted molar refractivity (Wildman–Crippen MR) is 437 cm³/mol. The van der Waals surface area contributed by atoms with Crippen LogP contribution < -0.4 is 5.19 Å². The zero-order chi connectivity index (χ0) is 74.7. The fourth-order valence-electron chi connectivity index (χ4n) is 13.1. The Kier molecular flexibility index (Phi) is 27.2. The van der Waals surface area contributed by atoms with Gasteiger partial charge in [-0.15, -0.1) is 0 Å². The number of fused-ring (bicyclic) bond motifs is 2. The summed E-state index contributed by atoms with van der Waals surface area (Å²) in [5.41, 5.74) is 33.4. The van der Waals surface area contributed by atoms with E-state index in [4.69, 9.17) is 9.97 Å². The quantitative estimate of drug-likeness (QED) is 0.153. The molecule has 528 valence electrons. The number of hydrogen-bond acceptors (Lipinski definition) is 2. The Morgan fingerprint density at radius 1 is 0.250 bits per heavy atom. The molecule has 0 aliphatic heterocycles. The Hall–Kier alpha value is -5.64. The molecule has 96 heavy (non-hydrogen) atoms. The number of pyridine rings is 2. The number of hydrogen-bond donors (Lipinski definition) is 0. The first-order valence-electron chi connectivity index (χ1n) is 36.2. The predicted octanol–water partition coefficient (Wildman–Crippen LogP) is 27.1. The summed E-state index contributed by atoms with van der Waals surface area (Å²) >= 11 is 0. The van der Waals surface area contributed by atoms with Crippen molar-refractivity contribution in [3.8, 4) is 0 Å². The first-order chi connectivity index (χ1) is 42.9. The second-order valence-electron chi connectivity index (χ2n) is 38.9. The number of rotatable bonds is 1. The van der Waals surface area contributed by atoms with Gasteiger partial charge in [-0.3, -0.25) is 9.97 Å². The molecule has 0 aliphatic rings. The topological polar surface area (TPSA) is 25.8 Å². The van der Waals surface area contributed by atoms with Crippen LogP contribution in [0.15, 0.2) is 97.1 Å². The lowest BCUT2D eigenvalue weighted by Crippen LogP contribution is -2.39. The van der Waals surface area contributed by atoms with Gasteiger partial charge in [0, 0.05) is 22.2 Å². The van der Waals surface area contributed by atoms with Crippen LogP contribution in [0, 0.1) is 83.1 Å². The molecule has 3 heteroatoms. The molecule has 6 aromatic carbocycles. The second kappa shape index (κ2) is 30.9. The van der Waals surface area contributed by atoms with Crippen molar-refractivity contribution in [1.29, 1.82) is 0 Å². The fourth-order valence-corrected chi connectivity index (χ4v) is 14.4. The van der Waals surface area contributed by atoms with Crippen LogP contribution in [0.1, 0.15) is 304 Å². The highest BCUT2D eigenvalue weighted by Gasteiger charge is 2.29. The highest BCUT2D eigenvalue weighted by molar-refractivity contribution is 6.88. The molecule has 0 unspecified atom stereocenters. The van der Waals surface area contributed by atoms with E-state index >= 15 is 0 Å². The molecule has 8 aromatic rings. The minimum absolute atomic E-state index is 0.104. The van der Waals surface area contributed by atoms with E-state index in [0.29, 0.717) is 0 Å². The average Bonchev–Trinajstić information content (AvgIpc) is 0.762. The van der Waals surface area contributed by atoms with Crippen molar-refractivity contribution >= 4 is 35.1 Å². The lowest BCUT2D eigenvalue weighted by molar-refractivity contribution is 0.564. The molecule has 2 heterocycles. The molecule has 0 radical (unpaired) electrons. The Balaban J connectivity index is 0.000000303. The van der Waals surface area contributed by atoms with Gasteiger partial charge in [0.05, 0.1) is 19.1 Å². The van der Waals surface area contributed by atoms with E-state index in [-0.39, 0.29) is 48.7 Å². The van der Waals surface area contributed by atoms with Crippen LogP contribution in [0.25, 0.3) is 21.8 Å². The van der Waals surface area contributed by atoms with E-state index < -0.39 is 8.07 Å². The molecule has 0 bridgehead atoms. The lowest BCUT2D eigenvalue weighted by Gasteiger charge is -2.28. The zero-order valence-electron chi connectivity index (χ0n) is 70.1. The number of aromatic nitrogens is 2. The van der Waals surface area contributed by atoms with Gasteiger partial charge >= 0.3 is 0 Å². The van der Waals surface area contributed by atoms with Crippen LogP contribution in [0.4, 0.5) is 0 Å². The van der Waals surface area contributed by atoms with Gasteiger partial charge in [-0.25, -0.2) is 0 Å². The molecule has 2 aromatic heterocycles. The van der Waals surface area contributed by atoms with Crippen molar-refractivity contribution in [2.45, 2.75) is 338 Å². The SMILES string of the molecule is Cc1cc(C(C)(C)C)cc(C(C)(C)C)c1C.Cc1cc(C)c(C)c(C(C)(C)C)c1.Cc1cc([Si](C)(C)C)cc(C(C)(C)C)c1C.Cc1ccc2c(C)c(C(C)(C)C)cc(C(C)(C)C)c2n1.Cc1ccc2c(C)c(C(C)(C)C)cc(C(C)(C)C)c2n1.Cc1ccccc1C(C)(C)C. The van der Waals surface area contributed by atoms with Gasteiger partial charge in [0.15, 0.2) is 0 Å². The monoisotopic (exact) mass is 1320 g/mol. The molecule has 0 saturated carbocycles. The van der Waals surface area contributed by atoms with Crippen LogP contribution in [0.5, 0.6) is 0 Å². The molecule has 0 saturated heterocycles. The molecule has 8 rings (SSSR count). The number of aryl methyl sites for hydroxylation is 9. The molecule has 0 spiro atoms. The summed E-state index contributed by atoms with van der Waals surface area (Å²) in [6, 6.07) is 36.2. The van der Waals surface area contributed by atoms with Crippen molar-refractivity contribution in [2.24, 2.45) is 0 Å². The maximum Gasteiger partial charge on any atom is 0.0776 e. The van der Waals surface area contributed by atoms with Crippen molar-refractivity contribution < 1.29 is 0 Å². The summed E-state index contributed by atoms with van der Waals surface area (Å²) in [7, 11) is -1.20. The number of nitrogens with zero attached hydrogens (tertiary/aromatic N) is 2. The van der Waals surface area contributed by atoms with E-state index in [1.165, 1.54) is 128 Å². The molecule has 0 atom stereocenters. The van der Waals surface area contributed by atoms with Crippen molar-refractivity contribution in [3.05, 3.63) is 214 Å². The van der Waals surface area contributed by atoms with Crippen molar-refractivity contribution in [3.63, 3.8) is 0 Å². The summed E-state index contributed by atoms with van der Waals surface area (Å²) in [6.07, 6.45) is 0. The number of benzene rings is 6. The van der Waals surface area contributed by atoms with Crippen LogP contribution in [0.2, 0.25) is 19.6 Å². The fraction of sp³-hybridized carbons (Fsp3) is 0.548. The normalized spacial score (nSPS) is 12.7. The molecule has 2 nitrogen and oxygen atoms in total. The van der Waals surface area contributed by atoms with Crippen LogP contribution in [-0.2, 0) is 48.7 Å². The Morgan fingerprint density at radius 2 is 0.552 bits per heavy atom. The summed E-state index contributed by atoms with van der Waals surface area (Å²) in [4.78, 5) is 9.65. The Bertz CT molecular complexity index is 3750. The first kappa shape index (κ1) is 84.6. The summed E-state index contributed by atoms with van der Waals surface area (Å²) in [6.45, 7) is 95.1. The Labute approximate surface area is 594 Å². The van der Waals surface area contributed by atoms with Crippen LogP contribution in [-0.4, -0.2) is 18.0 Å². The highest BCUT2D eigenvalue weighted by Crippen LogP contribution is 2.40. The largest absolute Gasteiger partial charge is 0.253 e. The average molecular weight is 1320 g/mol. The van der Waals surface area contributed by atoms with Gasteiger partial charge in [0.1, 0.15) is 0 Å².